The predicted molar refractivity (Wildman–Crippen MR) is 133 cm³/mol. The number of allylic oxidation sites excluding steroid dienone is 1. The lowest BCUT2D eigenvalue weighted by molar-refractivity contribution is -0.280. The Balaban J connectivity index is 1.57. The molecule has 0 aromatic rings. The smallest absolute Gasteiger partial charge is 0.0643 e. The molecule has 5 aliphatic carbocycles. The van der Waals surface area contributed by atoms with E-state index in [1.165, 1.54) is 44.1 Å². The number of fused-ring (bicyclic) bond motifs is 7. The Morgan fingerprint density at radius 1 is 0.818 bits per heavy atom. The van der Waals surface area contributed by atoms with E-state index in [1.807, 2.05) is 0 Å². The second-order valence-electron chi connectivity index (χ2n) is 14.6. The number of hydrogen-bond acceptors (Lipinski definition) is 3. The van der Waals surface area contributed by atoms with E-state index < -0.39 is 17.6 Å². The van der Waals surface area contributed by atoms with Crippen LogP contribution in [0.15, 0.2) is 12.2 Å². The molecule has 0 aromatic carbocycles. The summed E-state index contributed by atoms with van der Waals surface area (Å²) in [6.07, 6.45) is 9.16. The zero-order chi connectivity index (χ0) is 24.2. The summed E-state index contributed by atoms with van der Waals surface area (Å²) < 4.78 is 0. The van der Waals surface area contributed by atoms with Crippen LogP contribution in [0, 0.1) is 56.7 Å². The molecule has 0 aliphatic heterocycles. The van der Waals surface area contributed by atoms with Crippen molar-refractivity contribution in [3.05, 3.63) is 12.2 Å². The van der Waals surface area contributed by atoms with E-state index in [0.29, 0.717) is 23.7 Å². The molecule has 5 saturated carbocycles. The molecule has 0 aromatic heterocycles. The van der Waals surface area contributed by atoms with Crippen LogP contribution >= 0.6 is 0 Å². The van der Waals surface area contributed by atoms with E-state index in [9.17, 15) is 15.3 Å². The molecule has 33 heavy (non-hydrogen) atoms. The highest BCUT2D eigenvalue weighted by Crippen LogP contribution is 2.77. The predicted octanol–water partition coefficient (Wildman–Crippen LogP) is 5.97. The molecule has 5 rings (SSSR count). The first-order valence-corrected chi connectivity index (χ1v) is 13.9. The summed E-state index contributed by atoms with van der Waals surface area (Å²) >= 11 is 0. The zero-order valence-electron chi connectivity index (χ0n) is 22.2. The van der Waals surface area contributed by atoms with E-state index in [2.05, 4.69) is 48.1 Å². The largest absolute Gasteiger partial charge is 0.396 e. The van der Waals surface area contributed by atoms with Gasteiger partial charge in [0.25, 0.3) is 0 Å². The van der Waals surface area contributed by atoms with Crippen molar-refractivity contribution in [1.82, 2.24) is 0 Å². The molecule has 0 bridgehead atoms. The summed E-state index contributed by atoms with van der Waals surface area (Å²) in [7, 11) is 0. The fourth-order valence-corrected chi connectivity index (χ4v) is 11.5. The van der Waals surface area contributed by atoms with Crippen LogP contribution in [0.2, 0.25) is 0 Å². The molecular formula is C30H50O3. The number of aliphatic hydroxyl groups is 3. The molecular weight excluding hydrogens is 408 g/mol. The molecule has 5 fully saturated rings. The van der Waals surface area contributed by atoms with Crippen molar-refractivity contribution in [2.24, 2.45) is 56.7 Å². The van der Waals surface area contributed by atoms with Gasteiger partial charge < -0.3 is 15.3 Å². The van der Waals surface area contributed by atoms with Crippen LogP contribution in [-0.2, 0) is 0 Å². The van der Waals surface area contributed by atoms with Gasteiger partial charge in [-0.25, -0.2) is 0 Å². The first-order chi connectivity index (χ1) is 15.3. The summed E-state index contributed by atoms with van der Waals surface area (Å²) in [6.45, 7) is 18.9. The van der Waals surface area contributed by atoms with Gasteiger partial charge in [0.05, 0.1) is 18.8 Å². The first-order valence-electron chi connectivity index (χ1n) is 13.9. The third-order valence-electron chi connectivity index (χ3n) is 13.7. The van der Waals surface area contributed by atoms with Crippen LogP contribution in [0.3, 0.4) is 0 Å². The Hall–Kier alpha value is -0.380. The molecule has 5 aliphatic rings. The van der Waals surface area contributed by atoms with Crippen molar-refractivity contribution in [2.45, 2.75) is 112 Å². The van der Waals surface area contributed by atoms with E-state index >= 15 is 0 Å². The van der Waals surface area contributed by atoms with Gasteiger partial charge in [0, 0.05) is 17.3 Å². The minimum absolute atomic E-state index is 0.00515. The lowest BCUT2D eigenvalue weighted by Crippen LogP contribution is -2.70. The van der Waals surface area contributed by atoms with E-state index in [1.54, 1.807) is 0 Å². The number of rotatable bonds is 2. The molecule has 188 valence electrons. The van der Waals surface area contributed by atoms with Gasteiger partial charge in [-0.1, -0.05) is 46.8 Å². The van der Waals surface area contributed by atoms with Crippen LogP contribution in [0.25, 0.3) is 0 Å². The van der Waals surface area contributed by atoms with Gasteiger partial charge >= 0.3 is 0 Å². The summed E-state index contributed by atoms with van der Waals surface area (Å²) in [4.78, 5) is 0. The van der Waals surface area contributed by atoms with E-state index in [-0.39, 0.29) is 28.8 Å². The van der Waals surface area contributed by atoms with Crippen molar-refractivity contribution in [1.29, 1.82) is 0 Å². The van der Waals surface area contributed by atoms with Crippen LogP contribution in [0.1, 0.15) is 99.3 Å². The van der Waals surface area contributed by atoms with E-state index in [4.69, 9.17) is 0 Å². The average molecular weight is 459 g/mol. The van der Waals surface area contributed by atoms with Gasteiger partial charge in [-0.3, -0.25) is 0 Å². The molecule has 3 N–H and O–H groups in total. The molecule has 0 spiro atoms. The summed E-state index contributed by atoms with van der Waals surface area (Å²) in [5, 5.41) is 32.9. The molecule has 3 heteroatoms. The molecule has 0 heterocycles. The van der Waals surface area contributed by atoms with Gasteiger partial charge in [0.15, 0.2) is 0 Å². The maximum atomic E-state index is 11.5. The fraction of sp³-hybridized carbons (Fsp3) is 0.933. The number of hydrogen-bond donors (Lipinski definition) is 3. The summed E-state index contributed by atoms with van der Waals surface area (Å²) in [6, 6.07) is 0. The quantitative estimate of drug-likeness (QED) is 0.447. The minimum atomic E-state index is -0.628. The second kappa shape index (κ2) is 7.32. The van der Waals surface area contributed by atoms with Crippen LogP contribution < -0.4 is 0 Å². The van der Waals surface area contributed by atoms with Gasteiger partial charge in [-0.05, 0) is 104 Å². The molecule has 0 amide bonds. The lowest BCUT2D eigenvalue weighted by atomic mass is 9.32. The van der Waals surface area contributed by atoms with Crippen LogP contribution in [-0.4, -0.2) is 34.1 Å². The minimum Gasteiger partial charge on any atom is -0.396 e. The first kappa shape index (κ1) is 24.3. The maximum absolute atomic E-state index is 11.5. The van der Waals surface area contributed by atoms with Crippen LogP contribution in [0.5, 0.6) is 0 Å². The van der Waals surface area contributed by atoms with Gasteiger partial charge in [0.1, 0.15) is 0 Å². The van der Waals surface area contributed by atoms with Gasteiger partial charge in [-0.15, -0.1) is 0 Å². The summed E-state index contributed by atoms with van der Waals surface area (Å²) in [5.74, 6) is 2.75. The zero-order valence-corrected chi connectivity index (χ0v) is 22.2. The lowest BCUT2D eigenvalue weighted by Gasteiger charge is -2.73. The highest BCUT2D eigenvalue weighted by atomic mass is 16.3. The SMILES string of the molecule is C=C(C)[C@@H]1CC[C@]2(C)CC[C@]3(C)[C@H](CC[C@H]4[C@@]5(C)[C@@H](O)C[C@@H](O)[C@@](C)(CO)[C@@H]5CC[C@]43C)[C@@H]12. The molecule has 3 nitrogen and oxygen atoms in total. The number of aliphatic hydroxyl groups excluding tert-OH is 3. The van der Waals surface area contributed by atoms with Crippen molar-refractivity contribution in [2.75, 3.05) is 6.61 Å². The standard InChI is InChI=1S/C30H50O3/c1-18(2)19-10-12-26(3)14-15-28(5)20(25(19)26)8-9-22-29(28,6)13-11-21-27(4,17-31)23(32)16-24(33)30(21,22)7/h19-25,31-33H,1,8-17H2,2-7H3/t19-,20+,21-,22+,23+,24-,25+,26+,27-,28+,29+,30-/m0/s1. The van der Waals surface area contributed by atoms with E-state index in [0.717, 1.165) is 24.7 Å². The van der Waals surface area contributed by atoms with Crippen molar-refractivity contribution in [3.8, 4) is 0 Å². The third kappa shape index (κ3) is 2.80. The Kier molecular flexibility index (Phi) is 5.40. The highest BCUT2D eigenvalue weighted by Gasteiger charge is 2.72. The maximum Gasteiger partial charge on any atom is 0.0643 e. The molecule has 0 radical (unpaired) electrons. The van der Waals surface area contributed by atoms with Crippen LogP contribution in [0.4, 0.5) is 0 Å². The Morgan fingerprint density at radius 3 is 2.15 bits per heavy atom. The molecule has 0 unspecified atom stereocenters. The molecule has 0 saturated heterocycles. The van der Waals surface area contributed by atoms with Crippen molar-refractivity contribution < 1.29 is 15.3 Å². The Bertz CT molecular complexity index is 823. The van der Waals surface area contributed by atoms with Crippen molar-refractivity contribution >= 4 is 0 Å². The van der Waals surface area contributed by atoms with Crippen molar-refractivity contribution in [3.63, 3.8) is 0 Å². The average Bonchev–Trinajstić information content (AvgIpc) is 3.11. The fourth-order valence-electron chi connectivity index (χ4n) is 11.5. The Morgan fingerprint density at radius 2 is 1.52 bits per heavy atom. The van der Waals surface area contributed by atoms with Gasteiger partial charge in [-0.2, -0.15) is 0 Å². The highest BCUT2D eigenvalue weighted by molar-refractivity contribution is 5.22. The summed E-state index contributed by atoms with van der Waals surface area (Å²) in [5.41, 5.74) is 1.55. The second-order valence-corrected chi connectivity index (χ2v) is 14.6. The third-order valence-corrected chi connectivity index (χ3v) is 13.7. The monoisotopic (exact) mass is 458 g/mol. The Labute approximate surface area is 202 Å². The topological polar surface area (TPSA) is 60.7 Å². The van der Waals surface area contributed by atoms with Gasteiger partial charge in [0.2, 0.25) is 0 Å². The molecule has 12 atom stereocenters. The normalized spacial score (nSPS) is 60.3.